The van der Waals surface area contributed by atoms with Gasteiger partial charge in [-0.05, 0) is 24.5 Å². The van der Waals surface area contributed by atoms with Gasteiger partial charge in [0.1, 0.15) is 5.82 Å². The zero-order valence-corrected chi connectivity index (χ0v) is 17.8. The number of carbonyl (C=O) groups excluding carboxylic acids is 3. The van der Waals surface area contributed by atoms with E-state index in [1.165, 1.54) is 4.68 Å². The molecule has 0 radical (unpaired) electrons. The molecule has 2 heterocycles. The predicted molar refractivity (Wildman–Crippen MR) is 112 cm³/mol. The van der Waals surface area contributed by atoms with Crippen LogP contribution in [0.25, 0.3) is 0 Å². The van der Waals surface area contributed by atoms with Crippen molar-refractivity contribution in [2.24, 2.45) is 5.92 Å². The minimum absolute atomic E-state index is 0.0317. The number of benzene rings is 1. The molecule has 0 bridgehead atoms. The van der Waals surface area contributed by atoms with Gasteiger partial charge in [0.25, 0.3) is 0 Å². The Balaban J connectivity index is 1.68. The van der Waals surface area contributed by atoms with E-state index < -0.39 is 18.1 Å². The van der Waals surface area contributed by atoms with Crippen LogP contribution < -0.4 is 21.3 Å². The van der Waals surface area contributed by atoms with Crippen molar-refractivity contribution in [1.29, 1.82) is 0 Å². The van der Waals surface area contributed by atoms with Gasteiger partial charge in [0.15, 0.2) is 6.29 Å². The molecule has 1 fully saturated rings. The number of aromatic nitrogens is 2. The molecule has 3 amide bonds. The van der Waals surface area contributed by atoms with Crippen molar-refractivity contribution in [3.63, 3.8) is 0 Å². The Kier molecular flexibility index (Phi) is 6.73. The molecule has 0 saturated carbocycles. The number of nitrogens with zero attached hydrogens (tertiary/aromatic N) is 2. The van der Waals surface area contributed by atoms with Crippen LogP contribution in [0.4, 0.5) is 5.82 Å². The van der Waals surface area contributed by atoms with Crippen LogP contribution in [0.3, 0.4) is 0 Å². The molecule has 10 heteroatoms. The van der Waals surface area contributed by atoms with Crippen molar-refractivity contribution < 1.29 is 14.4 Å². The van der Waals surface area contributed by atoms with Crippen LogP contribution in [0.1, 0.15) is 37.8 Å². The lowest BCUT2D eigenvalue weighted by molar-refractivity contribution is -0.136. The van der Waals surface area contributed by atoms with Crippen molar-refractivity contribution >= 4 is 35.1 Å². The summed E-state index contributed by atoms with van der Waals surface area (Å²) < 4.78 is 1.46. The van der Waals surface area contributed by atoms with E-state index in [2.05, 4.69) is 26.4 Å². The molecule has 2 unspecified atom stereocenters. The van der Waals surface area contributed by atoms with Crippen molar-refractivity contribution in [3.05, 3.63) is 46.6 Å². The number of amides is 3. The third-order valence-electron chi connectivity index (χ3n) is 4.83. The van der Waals surface area contributed by atoms with Gasteiger partial charge in [-0.3, -0.25) is 19.7 Å². The number of hydrogen-bond acceptors (Lipinski definition) is 5. The molecule has 0 spiro atoms. The van der Waals surface area contributed by atoms with E-state index in [1.54, 1.807) is 37.3 Å². The molecule has 160 valence electrons. The highest BCUT2D eigenvalue weighted by molar-refractivity contribution is 6.39. The Morgan fingerprint density at radius 2 is 2.03 bits per heavy atom. The van der Waals surface area contributed by atoms with Crippen molar-refractivity contribution in [2.75, 3.05) is 5.32 Å². The predicted octanol–water partition coefficient (Wildman–Crippen LogP) is 1.69. The molecule has 1 saturated heterocycles. The summed E-state index contributed by atoms with van der Waals surface area (Å²) >= 11 is 6.07. The SMILES string of the molecule is Cc1cc(NC(=O)C(=O)NCc2ccccc2Cl)n(C2NC(=O)CC(C(C)C)N2)n1. The lowest BCUT2D eigenvalue weighted by Gasteiger charge is -2.34. The van der Waals surface area contributed by atoms with Crippen LogP contribution in [0, 0.1) is 12.8 Å². The lowest BCUT2D eigenvalue weighted by Crippen LogP contribution is -2.55. The van der Waals surface area contributed by atoms with E-state index in [0.717, 1.165) is 0 Å². The number of rotatable bonds is 5. The van der Waals surface area contributed by atoms with Crippen LogP contribution >= 0.6 is 11.6 Å². The van der Waals surface area contributed by atoms with E-state index in [4.69, 9.17) is 11.6 Å². The van der Waals surface area contributed by atoms with Gasteiger partial charge in [-0.15, -0.1) is 0 Å². The fourth-order valence-electron chi connectivity index (χ4n) is 3.15. The summed E-state index contributed by atoms with van der Waals surface area (Å²) in [6, 6.07) is 8.65. The summed E-state index contributed by atoms with van der Waals surface area (Å²) in [5.41, 5.74) is 1.33. The molecule has 2 atom stereocenters. The zero-order valence-electron chi connectivity index (χ0n) is 17.0. The van der Waals surface area contributed by atoms with Crippen molar-refractivity contribution in [2.45, 2.75) is 46.1 Å². The molecule has 2 aromatic rings. The van der Waals surface area contributed by atoms with Crippen LogP contribution in [-0.2, 0) is 20.9 Å². The average Bonchev–Trinajstić information content (AvgIpc) is 3.06. The summed E-state index contributed by atoms with van der Waals surface area (Å²) in [6.45, 7) is 5.93. The van der Waals surface area contributed by atoms with Crippen LogP contribution in [0.2, 0.25) is 5.02 Å². The first-order valence-electron chi connectivity index (χ1n) is 9.68. The normalized spacial score (nSPS) is 18.8. The first kappa shape index (κ1) is 21.8. The highest BCUT2D eigenvalue weighted by Gasteiger charge is 2.30. The van der Waals surface area contributed by atoms with Gasteiger partial charge in [-0.25, -0.2) is 4.68 Å². The third kappa shape index (κ3) is 5.17. The summed E-state index contributed by atoms with van der Waals surface area (Å²) in [5.74, 6) is -1.22. The topological polar surface area (TPSA) is 117 Å². The molecule has 1 aliphatic heterocycles. The molecule has 3 rings (SSSR count). The Morgan fingerprint density at radius 3 is 2.73 bits per heavy atom. The average molecular weight is 433 g/mol. The molecule has 4 N–H and O–H groups in total. The first-order chi connectivity index (χ1) is 14.2. The van der Waals surface area contributed by atoms with Crippen molar-refractivity contribution in [3.8, 4) is 0 Å². The first-order valence-corrected chi connectivity index (χ1v) is 10.1. The van der Waals surface area contributed by atoms with Crippen LogP contribution in [-0.4, -0.2) is 33.5 Å². The second kappa shape index (κ2) is 9.27. The molecular formula is C20H25ClN6O3. The van der Waals surface area contributed by atoms with Crippen molar-refractivity contribution in [1.82, 2.24) is 25.7 Å². The Hall–Kier alpha value is -2.91. The Labute approximate surface area is 179 Å². The second-order valence-corrected chi connectivity index (χ2v) is 7.94. The van der Waals surface area contributed by atoms with E-state index in [-0.39, 0.29) is 24.4 Å². The Morgan fingerprint density at radius 1 is 1.30 bits per heavy atom. The van der Waals surface area contributed by atoms with Crippen LogP contribution in [0.5, 0.6) is 0 Å². The monoisotopic (exact) mass is 432 g/mol. The van der Waals surface area contributed by atoms with Gasteiger partial charge in [-0.2, -0.15) is 5.10 Å². The highest BCUT2D eigenvalue weighted by atomic mass is 35.5. The standard InChI is InChI=1S/C20H25ClN6O3/c1-11(2)15-9-17(28)25-20(23-15)27-16(8-12(3)26-27)24-19(30)18(29)22-10-13-6-4-5-7-14(13)21/h4-8,11,15,20,23H,9-10H2,1-3H3,(H,22,29)(H,24,30)(H,25,28). The molecule has 1 aromatic heterocycles. The fourth-order valence-corrected chi connectivity index (χ4v) is 3.35. The van der Waals surface area contributed by atoms with Gasteiger partial charge in [-0.1, -0.05) is 43.6 Å². The number of hydrogen-bond donors (Lipinski definition) is 4. The van der Waals surface area contributed by atoms with Crippen LogP contribution in [0.15, 0.2) is 30.3 Å². The maximum absolute atomic E-state index is 12.4. The summed E-state index contributed by atoms with van der Waals surface area (Å²) in [4.78, 5) is 36.7. The van der Waals surface area contributed by atoms with E-state index in [0.29, 0.717) is 28.5 Å². The molecule has 0 aliphatic carbocycles. The van der Waals surface area contributed by atoms with E-state index in [9.17, 15) is 14.4 Å². The molecule has 1 aliphatic rings. The molecule has 9 nitrogen and oxygen atoms in total. The maximum Gasteiger partial charge on any atom is 0.314 e. The van der Waals surface area contributed by atoms with Gasteiger partial charge >= 0.3 is 11.8 Å². The minimum Gasteiger partial charge on any atom is -0.344 e. The summed E-state index contributed by atoms with van der Waals surface area (Å²) in [7, 11) is 0. The Bertz CT molecular complexity index is 958. The minimum atomic E-state index is -0.842. The zero-order chi connectivity index (χ0) is 21.8. The quantitative estimate of drug-likeness (QED) is 0.536. The number of aryl methyl sites for hydroxylation is 1. The second-order valence-electron chi connectivity index (χ2n) is 7.54. The third-order valence-corrected chi connectivity index (χ3v) is 5.20. The number of carbonyl (C=O) groups is 3. The summed E-state index contributed by atoms with van der Waals surface area (Å²) in [6.07, 6.45) is -0.269. The van der Waals surface area contributed by atoms with Gasteiger partial charge in [0.2, 0.25) is 5.91 Å². The van der Waals surface area contributed by atoms with Gasteiger partial charge in [0.05, 0.1) is 5.69 Å². The van der Waals surface area contributed by atoms with E-state index in [1.807, 2.05) is 13.8 Å². The molecular weight excluding hydrogens is 408 g/mol. The molecule has 30 heavy (non-hydrogen) atoms. The van der Waals surface area contributed by atoms with E-state index >= 15 is 0 Å². The number of halogens is 1. The largest absolute Gasteiger partial charge is 0.344 e. The summed E-state index contributed by atoms with van der Waals surface area (Å²) in [5, 5.41) is 16.1. The van der Waals surface area contributed by atoms with Gasteiger partial charge in [0, 0.05) is 30.1 Å². The highest BCUT2D eigenvalue weighted by Crippen LogP contribution is 2.20. The lowest BCUT2D eigenvalue weighted by atomic mass is 9.99. The van der Waals surface area contributed by atoms with Gasteiger partial charge < -0.3 is 16.0 Å². The smallest absolute Gasteiger partial charge is 0.314 e. The molecule has 1 aromatic carbocycles. The number of anilines is 1. The fraction of sp³-hybridized carbons (Fsp3) is 0.400. The number of nitrogens with one attached hydrogen (secondary N) is 4. The maximum atomic E-state index is 12.4.